The molecule has 0 aliphatic carbocycles. The minimum absolute atomic E-state index is 0.0278. The first-order chi connectivity index (χ1) is 16.1. The summed E-state index contributed by atoms with van der Waals surface area (Å²) in [6.07, 6.45) is 0.737. The van der Waals surface area contributed by atoms with Gasteiger partial charge in [0.25, 0.3) is 5.91 Å². The van der Waals surface area contributed by atoms with Gasteiger partial charge in [-0.15, -0.1) is 0 Å². The van der Waals surface area contributed by atoms with Crippen LogP contribution in [0.3, 0.4) is 0 Å². The van der Waals surface area contributed by atoms with Crippen LogP contribution < -0.4 is 15.0 Å². The summed E-state index contributed by atoms with van der Waals surface area (Å²) in [4.78, 5) is 32.7. The van der Waals surface area contributed by atoms with Gasteiger partial charge >= 0.3 is 0 Å². The molecule has 1 unspecified atom stereocenters. The average Bonchev–Trinajstić information content (AvgIpc) is 3.33. The van der Waals surface area contributed by atoms with Gasteiger partial charge in [0.15, 0.2) is 0 Å². The number of anilines is 2. The Balaban J connectivity index is 1.39. The Labute approximate surface area is 191 Å². The van der Waals surface area contributed by atoms with Crippen LogP contribution in [0.1, 0.15) is 18.0 Å². The van der Waals surface area contributed by atoms with Gasteiger partial charge in [-0.05, 0) is 48.4 Å². The molecule has 7 nitrogen and oxygen atoms in total. The largest absolute Gasteiger partial charge is 0.497 e. The first kappa shape index (κ1) is 20.8. The minimum Gasteiger partial charge on any atom is -0.497 e. The molecule has 0 saturated carbocycles. The fourth-order valence-corrected chi connectivity index (χ4v) is 4.25. The highest BCUT2D eigenvalue weighted by Gasteiger charge is 2.40. The Kier molecular flexibility index (Phi) is 5.52. The zero-order valence-electron chi connectivity index (χ0n) is 18.3. The van der Waals surface area contributed by atoms with Crippen molar-refractivity contribution in [2.45, 2.75) is 18.9 Å². The summed E-state index contributed by atoms with van der Waals surface area (Å²) in [6.45, 7) is 0.503. The Morgan fingerprint density at radius 1 is 1.00 bits per heavy atom. The standard InChI is InChI=1S/C26H24N4O3/c1-33-20-13-11-19(12-14-20)27-24(31)17-23-25(32)29(16-15-18-7-3-2-4-8-18)26-28-21-9-5-6-10-22(21)30(23)26/h2-14,23H,15-17H2,1H3,(H,27,31). The summed E-state index contributed by atoms with van der Waals surface area (Å²) in [6, 6.07) is 24.2. The number of ether oxygens (including phenoxy) is 1. The van der Waals surface area contributed by atoms with Gasteiger partial charge in [0, 0.05) is 12.2 Å². The number of para-hydroxylation sites is 2. The van der Waals surface area contributed by atoms with Crippen molar-refractivity contribution in [2.75, 3.05) is 23.9 Å². The van der Waals surface area contributed by atoms with Gasteiger partial charge in [-0.2, -0.15) is 0 Å². The number of methoxy groups -OCH3 is 1. The van der Waals surface area contributed by atoms with Gasteiger partial charge in [-0.3, -0.25) is 19.1 Å². The SMILES string of the molecule is COc1ccc(NC(=O)CC2C(=O)N(CCc3ccccc3)c3nc4ccccc4n32)cc1. The molecule has 166 valence electrons. The fourth-order valence-electron chi connectivity index (χ4n) is 4.25. The molecule has 3 aromatic carbocycles. The molecule has 33 heavy (non-hydrogen) atoms. The normalized spacial score (nSPS) is 15.0. The molecule has 1 atom stereocenters. The third-order valence-electron chi connectivity index (χ3n) is 5.90. The molecular formula is C26H24N4O3. The molecule has 1 aliphatic heterocycles. The number of aromatic nitrogens is 2. The number of amides is 2. The van der Waals surface area contributed by atoms with Crippen molar-refractivity contribution in [1.29, 1.82) is 0 Å². The van der Waals surface area contributed by atoms with Crippen molar-refractivity contribution < 1.29 is 14.3 Å². The maximum Gasteiger partial charge on any atom is 0.253 e. The number of hydrogen-bond acceptors (Lipinski definition) is 4. The molecule has 7 heteroatoms. The second-order valence-corrected chi connectivity index (χ2v) is 7.99. The molecule has 0 fully saturated rings. The van der Waals surface area contributed by atoms with Crippen molar-refractivity contribution in [2.24, 2.45) is 0 Å². The van der Waals surface area contributed by atoms with Crippen LogP contribution in [0.2, 0.25) is 0 Å². The lowest BCUT2D eigenvalue weighted by Gasteiger charge is -2.16. The van der Waals surface area contributed by atoms with Gasteiger partial charge in [0.05, 0.1) is 24.6 Å². The fraction of sp³-hybridized carbons (Fsp3) is 0.192. The third-order valence-corrected chi connectivity index (χ3v) is 5.90. The quantitative estimate of drug-likeness (QED) is 0.467. The van der Waals surface area contributed by atoms with Crippen LogP contribution in [-0.4, -0.2) is 35.0 Å². The van der Waals surface area contributed by atoms with E-state index in [1.165, 1.54) is 0 Å². The number of rotatable bonds is 7. The lowest BCUT2D eigenvalue weighted by Crippen LogP contribution is -2.33. The third kappa shape index (κ3) is 4.05. The monoisotopic (exact) mass is 440 g/mol. The Morgan fingerprint density at radius 2 is 1.73 bits per heavy atom. The topological polar surface area (TPSA) is 76.5 Å². The van der Waals surface area contributed by atoms with E-state index in [0.29, 0.717) is 30.4 Å². The smallest absolute Gasteiger partial charge is 0.253 e. The van der Waals surface area contributed by atoms with Crippen LogP contribution >= 0.6 is 0 Å². The van der Waals surface area contributed by atoms with E-state index in [-0.39, 0.29) is 18.2 Å². The molecule has 0 spiro atoms. The number of nitrogens with zero attached hydrogens (tertiary/aromatic N) is 3. The summed E-state index contributed by atoms with van der Waals surface area (Å²) in [7, 11) is 1.59. The van der Waals surface area contributed by atoms with Crippen LogP contribution in [0.15, 0.2) is 78.9 Å². The number of carbonyl (C=O) groups excluding carboxylic acids is 2. The zero-order chi connectivity index (χ0) is 22.8. The van der Waals surface area contributed by atoms with E-state index in [2.05, 4.69) is 5.32 Å². The van der Waals surface area contributed by atoms with Crippen molar-refractivity contribution in [3.05, 3.63) is 84.4 Å². The molecule has 2 heterocycles. The van der Waals surface area contributed by atoms with Crippen LogP contribution in [0.25, 0.3) is 11.0 Å². The highest BCUT2D eigenvalue weighted by Crippen LogP contribution is 2.36. The van der Waals surface area contributed by atoms with E-state index in [9.17, 15) is 9.59 Å². The minimum atomic E-state index is -0.638. The highest BCUT2D eigenvalue weighted by molar-refractivity contribution is 6.05. The van der Waals surface area contributed by atoms with Gasteiger partial charge < -0.3 is 10.1 Å². The predicted molar refractivity (Wildman–Crippen MR) is 128 cm³/mol. The average molecular weight is 441 g/mol. The number of imidazole rings is 1. The molecule has 0 radical (unpaired) electrons. The van der Waals surface area contributed by atoms with Gasteiger partial charge in [-0.1, -0.05) is 42.5 Å². The number of nitrogens with one attached hydrogen (secondary N) is 1. The van der Waals surface area contributed by atoms with E-state index in [0.717, 1.165) is 16.6 Å². The number of benzene rings is 3. The first-order valence-electron chi connectivity index (χ1n) is 10.9. The van der Waals surface area contributed by atoms with Crippen molar-refractivity contribution >= 4 is 34.5 Å². The lowest BCUT2D eigenvalue weighted by atomic mass is 10.1. The molecule has 1 aromatic heterocycles. The molecule has 4 aromatic rings. The molecule has 2 amide bonds. The van der Waals surface area contributed by atoms with Gasteiger partial charge in [0.2, 0.25) is 11.9 Å². The molecule has 5 rings (SSSR count). The van der Waals surface area contributed by atoms with Crippen LogP contribution in [-0.2, 0) is 16.0 Å². The lowest BCUT2D eigenvalue weighted by molar-refractivity contribution is -0.124. The number of carbonyl (C=O) groups is 2. The number of hydrogen-bond donors (Lipinski definition) is 1. The Morgan fingerprint density at radius 3 is 2.48 bits per heavy atom. The van der Waals surface area contributed by atoms with E-state index >= 15 is 0 Å². The van der Waals surface area contributed by atoms with Crippen LogP contribution in [0.4, 0.5) is 11.6 Å². The molecule has 0 saturated heterocycles. The maximum absolute atomic E-state index is 13.4. The molecule has 0 bridgehead atoms. The van der Waals surface area contributed by atoms with E-state index in [4.69, 9.17) is 9.72 Å². The second-order valence-electron chi connectivity index (χ2n) is 7.99. The van der Waals surface area contributed by atoms with E-state index in [1.54, 1.807) is 36.3 Å². The Hall–Kier alpha value is -4.13. The van der Waals surface area contributed by atoms with E-state index in [1.807, 2.05) is 59.2 Å². The van der Waals surface area contributed by atoms with Gasteiger partial charge in [-0.25, -0.2) is 4.98 Å². The summed E-state index contributed by atoms with van der Waals surface area (Å²) in [5, 5.41) is 2.89. The predicted octanol–water partition coefficient (Wildman–Crippen LogP) is 4.20. The molecule has 1 N–H and O–H groups in total. The van der Waals surface area contributed by atoms with Crippen LogP contribution in [0, 0.1) is 0 Å². The first-order valence-corrected chi connectivity index (χ1v) is 10.9. The second kappa shape index (κ2) is 8.78. The van der Waals surface area contributed by atoms with Crippen LogP contribution in [0.5, 0.6) is 5.75 Å². The summed E-state index contributed by atoms with van der Waals surface area (Å²) < 4.78 is 7.06. The summed E-state index contributed by atoms with van der Waals surface area (Å²) in [5.74, 6) is 0.971. The summed E-state index contributed by atoms with van der Waals surface area (Å²) >= 11 is 0. The van der Waals surface area contributed by atoms with Gasteiger partial charge in [0.1, 0.15) is 11.8 Å². The molecule has 1 aliphatic rings. The summed E-state index contributed by atoms with van der Waals surface area (Å²) in [5.41, 5.74) is 3.46. The zero-order valence-corrected chi connectivity index (χ0v) is 18.3. The van der Waals surface area contributed by atoms with Crippen molar-refractivity contribution in [3.8, 4) is 5.75 Å². The maximum atomic E-state index is 13.4. The van der Waals surface area contributed by atoms with Crippen molar-refractivity contribution in [1.82, 2.24) is 9.55 Å². The Bertz CT molecular complexity index is 1300. The highest BCUT2D eigenvalue weighted by atomic mass is 16.5. The molecular weight excluding hydrogens is 416 g/mol. The van der Waals surface area contributed by atoms with E-state index < -0.39 is 6.04 Å². The number of fused-ring (bicyclic) bond motifs is 3. The van der Waals surface area contributed by atoms with Crippen molar-refractivity contribution in [3.63, 3.8) is 0 Å².